The molecule has 0 aliphatic rings. The molecular weight excluding hydrogens is 326 g/mol. The molecule has 3 heteroatoms. The molecule has 1 atom stereocenters. The lowest BCUT2D eigenvalue weighted by molar-refractivity contribution is 0.317. The first-order chi connectivity index (χ1) is 10.2. The molecule has 1 N–H and O–H groups in total. The van der Waals surface area contributed by atoms with E-state index in [2.05, 4.69) is 65.4 Å². The van der Waals surface area contributed by atoms with Crippen molar-refractivity contribution in [1.82, 2.24) is 5.32 Å². The van der Waals surface area contributed by atoms with Gasteiger partial charge in [-0.1, -0.05) is 47.1 Å². The van der Waals surface area contributed by atoms with Crippen LogP contribution in [0.25, 0.3) is 0 Å². The van der Waals surface area contributed by atoms with Crippen molar-refractivity contribution in [2.24, 2.45) is 0 Å². The Balaban J connectivity index is 1.93. The number of ether oxygens (including phenoxy) is 1. The topological polar surface area (TPSA) is 21.3 Å². The smallest absolute Gasteiger partial charge is 0.119 e. The second kappa shape index (κ2) is 8.20. The molecule has 2 nitrogen and oxygen atoms in total. The SMILES string of the molecule is CCCOc1cccc(CNC(C)c2cccc(Br)c2)c1. The van der Waals surface area contributed by atoms with Gasteiger partial charge in [0.25, 0.3) is 0 Å². The van der Waals surface area contributed by atoms with Crippen molar-refractivity contribution in [2.75, 3.05) is 6.61 Å². The Morgan fingerprint density at radius 2 is 1.95 bits per heavy atom. The molecular formula is C18H22BrNO. The van der Waals surface area contributed by atoms with Crippen LogP contribution in [0.15, 0.2) is 53.0 Å². The number of nitrogens with one attached hydrogen (secondary N) is 1. The van der Waals surface area contributed by atoms with Crippen LogP contribution in [0.2, 0.25) is 0 Å². The standard InChI is InChI=1S/C18H22BrNO/c1-3-10-21-18-9-4-6-15(11-18)13-20-14(2)16-7-5-8-17(19)12-16/h4-9,11-12,14,20H,3,10,13H2,1-2H3. The first-order valence-corrected chi connectivity index (χ1v) is 8.19. The van der Waals surface area contributed by atoms with Crippen molar-refractivity contribution in [3.8, 4) is 5.75 Å². The van der Waals surface area contributed by atoms with Crippen molar-refractivity contribution in [2.45, 2.75) is 32.9 Å². The molecule has 0 spiro atoms. The Hall–Kier alpha value is -1.32. The van der Waals surface area contributed by atoms with Gasteiger partial charge in [-0.3, -0.25) is 0 Å². The third-order valence-electron chi connectivity index (χ3n) is 3.33. The number of hydrogen-bond acceptors (Lipinski definition) is 2. The van der Waals surface area contributed by atoms with E-state index >= 15 is 0 Å². The molecule has 0 saturated heterocycles. The molecule has 2 aromatic carbocycles. The summed E-state index contributed by atoms with van der Waals surface area (Å²) < 4.78 is 6.78. The fourth-order valence-electron chi connectivity index (χ4n) is 2.13. The third kappa shape index (κ3) is 5.18. The fourth-order valence-corrected chi connectivity index (χ4v) is 2.55. The van der Waals surface area contributed by atoms with Crippen LogP contribution in [0, 0.1) is 0 Å². The zero-order chi connectivity index (χ0) is 15.1. The van der Waals surface area contributed by atoms with Crippen LogP contribution in [0.5, 0.6) is 5.75 Å². The van der Waals surface area contributed by atoms with E-state index in [1.807, 2.05) is 18.2 Å². The number of rotatable bonds is 7. The molecule has 0 fully saturated rings. The molecule has 21 heavy (non-hydrogen) atoms. The van der Waals surface area contributed by atoms with E-state index in [0.717, 1.165) is 29.8 Å². The van der Waals surface area contributed by atoms with Gasteiger partial charge in [0, 0.05) is 17.1 Å². The predicted octanol–water partition coefficient (Wildman–Crippen LogP) is 5.09. The summed E-state index contributed by atoms with van der Waals surface area (Å²) in [7, 11) is 0. The zero-order valence-electron chi connectivity index (χ0n) is 12.6. The van der Waals surface area contributed by atoms with Crippen LogP contribution in [-0.4, -0.2) is 6.61 Å². The van der Waals surface area contributed by atoms with Crippen LogP contribution in [0.1, 0.15) is 37.4 Å². The molecule has 0 saturated carbocycles. The summed E-state index contributed by atoms with van der Waals surface area (Å²) in [6.07, 6.45) is 1.03. The number of benzene rings is 2. The highest BCUT2D eigenvalue weighted by Crippen LogP contribution is 2.19. The van der Waals surface area contributed by atoms with Gasteiger partial charge < -0.3 is 10.1 Å². The number of halogens is 1. The highest BCUT2D eigenvalue weighted by atomic mass is 79.9. The second-order valence-electron chi connectivity index (χ2n) is 5.15. The Kier molecular flexibility index (Phi) is 6.27. The lowest BCUT2D eigenvalue weighted by Gasteiger charge is -2.15. The average molecular weight is 348 g/mol. The van der Waals surface area contributed by atoms with Crippen molar-refractivity contribution in [3.05, 3.63) is 64.1 Å². The lowest BCUT2D eigenvalue weighted by atomic mass is 10.1. The van der Waals surface area contributed by atoms with E-state index in [9.17, 15) is 0 Å². The van der Waals surface area contributed by atoms with Crippen molar-refractivity contribution >= 4 is 15.9 Å². The Morgan fingerprint density at radius 3 is 2.71 bits per heavy atom. The molecule has 0 radical (unpaired) electrons. The first-order valence-electron chi connectivity index (χ1n) is 7.39. The van der Waals surface area contributed by atoms with Gasteiger partial charge in [0.2, 0.25) is 0 Å². The van der Waals surface area contributed by atoms with E-state index in [1.54, 1.807) is 0 Å². The Morgan fingerprint density at radius 1 is 1.14 bits per heavy atom. The molecule has 0 aliphatic carbocycles. The maximum Gasteiger partial charge on any atom is 0.119 e. The van der Waals surface area contributed by atoms with Gasteiger partial charge in [0.1, 0.15) is 5.75 Å². The highest BCUT2D eigenvalue weighted by Gasteiger charge is 2.05. The van der Waals surface area contributed by atoms with Crippen molar-refractivity contribution in [1.29, 1.82) is 0 Å². The monoisotopic (exact) mass is 347 g/mol. The van der Waals surface area contributed by atoms with Gasteiger partial charge >= 0.3 is 0 Å². The fraction of sp³-hybridized carbons (Fsp3) is 0.333. The largest absolute Gasteiger partial charge is 0.494 e. The molecule has 0 aliphatic heterocycles. The van der Waals surface area contributed by atoms with Gasteiger partial charge in [-0.25, -0.2) is 0 Å². The van der Waals surface area contributed by atoms with Crippen LogP contribution < -0.4 is 10.1 Å². The first kappa shape index (κ1) is 16.1. The second-order valence-corrected chi connectivity index (χ2v) is 6.07. The van der Waals surface area contributed by atoms with E-state index in [-0.39, 0.29) is 0 Å². The van der Waals surface area contributed by atoms with Gasteiger partial charge in [-0.2, -0.15) is 0 Å². The van der Waals surface area contributed by atoms with Crippen LogP contribution in [-0.2, 0) is 6.54 Å². The molecule has 112 valence electrons. The minimum absolute atomic E-state index is 0.308. The summed E-state index contributed by atoms with van der Waals surface area (Å²) in [5.41, 5.74) is 2.52. The molecule has 0 aromatic heterocycles. The molecule has 0 heterocycles. The average Bonchev–Trinajstić information content (AvgIpc) is 2.51. The molecule has 1 unspecified atom stereocenters. The van der Waals surface area contributed by atoms with Gasteiger partial charge in [-0.05, 0) is 48.7 Å². The predicted molar refractivity (Wildman–Crippen MR) is 91.6 cm³/mol. The zero-order valence-corrected chi connectivity index (χ0v) is 14.2. The van der Waals surface area contributed by atoms with Gasteiger partial charge in [-0.15, -0.1) is 0 Å². The van der Waals surface area contributed by atoms with E-state index in [0.29, 0.717) is 6.04 Å². The molecule has 2 rings (SSSR count). The van der Waals surface area contributed by atoms with Gasteiger partial charge in [0.15, 0.2) is 0 Å². The summed E-state index contributed by atoms with van der Waals surface area (Å²) in [4.78, 5) is 0. The maximum atomic E-state index is 5.67. The normalized spacial score (nSPS) is 12.1. The van der Waals surface area contributed by atoms with Crippen LogP contribution in [0.3, 0.4) is 0 Å². The number of hydrogen-bond donors (Lipinski definition) is 1. The van der Waals surface area contributed by atoms with Gasteiger partial charge in [0.05, 0.1) is 6.61 Å². The lowest BCUT2D eigenvalue weighted by Crippen LogP contribution is -2.18. The summed E-state index contributed by atoms with van der Waals surface area (Å²) in [5.74, 6) is 0.950. The summed E-state index contributed by atoms with van der Waals surface area (Å²) in [5, 5.41) is 3.55. The van der Waals surface area contributed by atoms with E-state index in [4.69, 9.17) is 4.74 Å². The van der Waals surface area contributed by atoms with Crippen LogP contribution >= 0.6 is 15.9 Å². The summed E-state index contributed by atoms with van der Waals surface area (Å²) in [6, 6.07) is 17.0. The van der Waals surface area contributed by atoms with Crippen LogP contribution in [0.4, 0.5) is 0 Å². The summed E-state index contributed by atoms with van der Waals surface area (Å²) in [6.45, 7) is 5.90. The van der Waals surface area contributed by atoms with Crippen molar-refractivity contribution in [3.63, 3.8) is 0 Å². The third-order valence-corrected chi connectivity index (χ3v) is 3.83. The molecule has 0 amide bonds. The minimum Gasteiger partial charge on any atom is -0.494 e. The summed E-state index contributed by atoms with van der Waals surface area (Å²) >= 11 is 3.52. The quantitative estimate of drug-likeness (QED) is 0.753. The minimum atomic E-state index is 0.308. The van der Waals surface area contributed by atoms with E-state index < -0.39 is 0 Å². The Labute approximate surface area is 135 Å². The van der Waals surface area contributed by atoms with E-state index in [1.165, 1.54) is 11.1 Å². The molecule has 0 bridgehead atoms. The maximum absolute atomic E-state index is 5.67. The Bertz CT molecular complexity index is 571. The van der Waals surface area contributed by atoms with Crippen molar-refractivity contribution < 1.29 is 4.74 Å². The molecule has 2 aromatic rings. The highest BCUT2D eigenvalue weighted by molar-refractivity contribution is 9.10.